The fourth-order valence-corrected chi connectivity index (χ4v) is 4.17. The van der Waals surface area contributed by atoms with Crippen molar-refractivity contribution in [2.24, 2.45) is 0 Å². The van der Waals surface area contributed by atoms with Gasteiger partial charge in [-0.25, -0.2) is 13.2 Å². The quantitative estimate of drug-likeness (QED) is 0.436. The third-order valence-corrected chi connectivity index (χ3v) is 5.66. The minimum Gasteiger partial charge on any atom is -0.426 e. The lowest BCUT2D eigenvalue weighted by atomic mass is 10.1. The van der Waals surface area contributed by atoms with Crippen molar-refractivity contribution in [3.8, 4) is 5.75 Å². The maximum absolute atomic E-state index is 12.7. The summed E-state index contributed by atoms with van der Waals surface area (Å²) >= 11 is 0. The summed E-state index contributed by atoms with van der Waals surface area (Å²) in [4.78, 5) is 24.0. The van der Waals surface area contributed by atoms with E-state index < -0.39 is 22.0 Å². The lowest BCUT2D eigenvalue weighted by Crippen LogP contribution is -2.31. The van der Waals surface area contributed by atoms with E-state index in [1.54, 1.807) is 30.3 Å². The Labute approximate surface area is 162 Å². The van der Waals surface area contributed by atoms with E-state index in [4.69, 9.17) is 9.47 Å². The monoisotopic (exact) mass is 399 g/mol. The highest BCUT2D eigenvalue weighted by Crippen LogP contribution is 2.34. The average Bonchev–Trinajstić information content (AvgIpc) is 2.66. The molecule has 0 bridgehead atoms. The Morgan fingerprint density at radius 2 is 1.75 bits per heavy atom. The molecule has 0 N–H and O–H groups in total. The number of carbonyl (C=O) groups is 2. The molecular weight excluding hydrogens is 382 g/mol. The van der Waals surface area contributed by atoms with E-state index in [0.29, 0.717) is 0 Å². The molecule has 28 heavy (non-hydrogen) atoms. The Kier molecular flexibility index (Phi) is 5.32. The van der Waals surface area contributed by atoms with Crippen LogP contribution in [-0.4, -0.2) is 31.2 Å². The van der Waals surface area contributed by atoms with Gasteiger partial charge in [-0.2, -0.15) is 0 Å². The van der Waals surface area contributed by atoms with Crippen molar-refractivity contribution in [1.29, 1.82) is 0 Å². The second-order valence-electron chi connectivity index (χ2n) is 5.83. The number of benzene rings is 2. The summed E-state index contributed by atoms with van der Waals surface area (Å²) in [6.45, 7) is 4.80. The number of esters is 2. The van der Waals surface area contributed by atoms with Gasteiger partial charge >= 0.3 is 11.9 Å². The van der Waals surface area contributed by atoms with E-state index in [1.807, 2.05) is 0 Å². The van der Waals surface area contributed by atoms with Crippen LogP contribution in [0.3, 0.4) is 0 Å². The number of fused-ring (bicyclic) bond motifs is 1. The molecule has 1 aliphatic rings. The van der Waals surface area contributed by atoms with Crippen molar-refractivity contribution in [2.75, 3.05) is 6.54 Å². The van der Waals surface area contributed by atoms with Crippen molar-refractivity contribution in [1.82, 2.24) is 4.31 Å². The zero-order valence-electron chi connectivity index (χ0n) is 15.0. The van der Waals surface area contributed by atoms with Crippen molar-refractivity contribution < 1.29 is 27.5 Å². The van der Waals surface area contributed by atoms with E-state index in [9.17, 15) is 18.0 Å². The molecule has 0 radical (unpaired) electrons. The van der Waals surface area contributed by atoms with Crippen LogP contribution in [0.1, 0.15) is 22.8 Å². The minimum absolute atomic E-state index is 0.0156. The van der Waals surface area contributed by atoms with Gasteiger partial charge in [0, 0.05) is 12.5 Å². The molecule has 0 saturated carbocycles. The number of carbonyl (C=O) groups excluding carboxylic acids is 2. The Bertz CT molecular complexity index is 1090. The SMILES string of the molecule is C=CCN1C=C(OC(=O)c2ccccc2OC(C)=O)c2ccccc2S1(=O)=O. The Morgan fingerprint density at radius 1 is 1.07 bits per heavy atom. The van der Waals surface area contributed by atoms with Gasteiger partial charge in [-0.15, -0.1) is 6.58 Å². The average molecular weight is 399 g/mol. The Morgan fingerprint density at radius 3 is 2.46 bits per heavy atom. The van der Waals surface area contributed by atoms with Gasteiger partial charge in [0.1, 0.15) is 11.3 Å². The molecule has 3 rings (SSSR count). The van der Waals surface area contributed by atoms with Crippen molar-refractivity contribution in [2.45, 2.75) is 11.8 Å². The van der Waals surface area contributed by atoms with Crippen LogP contribution in [0.25, 0.3) is 5.76 Å². The lowest BCUT2D eigenvalue weighted by Gasteiger charge is -2.26. The number of hydrogen-bond acceptors (Lipinski definition) is 6. The molecule has 0 atom stereocenters. The molecule has 0 amide bonds. The van der Waals surface area contributed by atoms with Gasteiger partial charge in [0.15, 0.2) is 5.76 Å². The lowest BCUT2D eigenvalue weighted by molar-refractivity contribution is -0.131. The first-order valence-electron chi connectivity index (χ1n) is 8.28. The van der Waals surface area contributed by atoms with Gasteiger partial charge in [-0.1, -0.05) is 30.3 Å². The largest absolute Gasteiger partial charge is 0.426 e. The fraction of sp³-hybridized carbons (Fsp3) is 0.100. The molecule has 0 spiro atoms. The van der Waals surface area contributed by atoms with Crippen molar-refractivity contribution in [3.05, 3.63) is 78.5 Å². The third kappa shape index (κ3) is 3.67. The molecule has 0 unspecified atom stereocenters. The maximum atomic E-state index is 12.7. The number of nitrogens with zero attached hydrogens (tertiary/aromatic N) is 1. The highest BCUT2D eigenvalue weighted by Gasteiger charge is 2.32. The molecule has 2 aromatic carbocycles. The van der Waals surface area contributed by atoms with Crippen molar-refractivity contribution in [3.63, 3.8) is 0 Å². The number of rotatable bonds is 5. The van der Waals surface area contributed by atoms with Crippen LogP contribution in [0.5, 0.6) is 5.75 Å². The first kappa shape index (κ1) is 19.4. The van der Waals surface area contributed by atoms with Gasteiger partial charge in [0.2, 0.25) is 0 Å². The van der Waals surface area contributed by atoms with E-state index in [2.05, 4.69) is 6.58 Å². The molecule has 0 fully saturated rings. The zero-order chi connectivity index (χ0) is 20.3. The van der Waals surface area contributed by atoms with E-state index in [1.165, 1.54) is 37.4 Å². The normalized spacial score (nSPS) is 14.5. The van der Waals surface area contributed by atoms with Crippen LogP contribution < -0.4 is 4.74 Å². The summed E-state index contributed by atoms with van der Waals surface area (Å²) in [5, 5.41) is 0. The molecule has 0 aromatic heterocycles. The smallest absolute Gasteiger partial charge is 0.347 e. The second-order valence-corrected chi connectivity index (χ2v) is 7.69. The molecule has 8 heteroatoms. The number of hydrogen-bond donors (Lipinski definition) is 0. The highest BCUT2D eigenvalue weighted by atomic mass is 32.2. The van der Waals surface area contributed by atoms with Gasteiger partial charge in [-0.05, 0) is 24.3 Å². The minimum atomic E-state index is -3.78. The predicted octanol–water partition coefficient (Wildman–Crippen LogP) is 2.96. The number of sulfonamides is 1. The predicted molar refractivity (Wildman–Crippen MR) is 102 cm³/mol. The Balaban J connectivity index is 2.01. The summed E-state index contributed by atoms with van der Waals surface area (Å²) < 4.78 is 37.0. The fourth-order valence-electron chi connectivity index (χ4n) is 2.68. The number of para-hydroxylation sites is 1. The summed E-state index contributed by atoms with van der Waals surface area (Å²) in [7, 11) is -3.78. The molecule has 1 heterocycles. The van der Waals surface area contributed by atoms with Gasteiger partial charge in [0.25, 0.3) is 10.0 Å². The molecule has 0 aliphatic carbocycles. The highest BCUT2D eigenvalue weighted by molar-refractivity contribution is 7.89. The summed E-state index contributed by atoms with van der Waals surface area (Å²) in [5.74, 6) is -1.24. The van der Waals surface area contributed by atoms with Crippen LogP contribution in [0.2, 0.25) is 0 Å². The zero-order valence-corrected chi connectivity index (χ0v) is 15.8. The Hall–Kier alpha value is -3.39. The first-order chi connectivity index (χ1) is 13.3. The maximum Gasteiger partial charge on any atom is 0.347 e. The standard InChI is InChI=1S/C20H17NO6S/c1-3-12-21-13-18(15-8-5-7-11-19(15)28(21,24)25)27-20(23)16-9-4-6-10-17(16)26-14(2)22/h3-11,13H,1,12H2,2H3. The molecule has 1 aliphatic heterocycles. The molecule has 0 saturated heterocycles. The molecule has 7 nitrogen and oxygen atoms in total. The van der Waals surface area contributed by atoms with Crippen LogP contribution in [0, 0.1) is 0 Å². The molecule has 144 valence electrons. The van der Waals surface area contributed by atoms with Crippen molar-refractivity contribution >= 4 is 27.7 Å². The van der Waals surface area contributed by atoms with Gasteiger partial charge in [0.05, 0.1) is 17.6 Å². The number of ether oxygens (including phenoxy) is 2. The summed E-state index contributed by atoms with van der Waals surface area (Å²) in [5.41, 5.74) is 0.306. The summed E-state index contributed by atoms with van der Waals surface area (Å²) in [6, 6.07) is 12.4. The van der Waals surface area contributed by atoms with E-state index in [-0.39, 0.29) is 34.1 Å². The van der Waals surface area contributed by atoms with Crippen LogP contribution in [0.4, 0.5) is 0 Å². The van der Waals surface area contributed by atoms with E-state index in [0.717, 1.165) is 4.31 Å². The van der Waals surface area contributed by atoms with Gasteiger partial charge < -0.3 is 9.47 Å². The topological polar surface area (TPSA) is 90.0 Å². The van der Waals surface area contributed by atoms with Crippen LogP contribution in [0.15, 0.2) is 72.3 Å². The second kappa shape index (κ2) is 7.69. The third-order valence-electron chi connectivity index (χ3n) is 3.87. The van der Waals surface area contributed by atoms with E-state index >= 15 is 0 Å². The summed E-state index contributed by atoms with van der Waals surface area (Å²) in [6.07, 6.45) is 2.67. The van der Waals surface area contributed by atoms with Crippen LogP contribution in [-0.2, 0) is 19.6 Å². The molecule has 2 aromatic rings. The van der Waals surface area contributed by atoms with Gasteiger partial charge in [-0.3, -0.25) is 9.10 Å². The van der Waals surface area contributed by atoms with Crippen LogP contribution >= 0.6 is 0 Å². The first-order valence-corrected chi connectivity index (χ1v) is 9.72. The molecular formula is C20H17NO6S.